The van der Waals surface area contributed by atoms with Crippen LogP contribution in [0.1, 0.15) is 37.3 Å². The number of halogens is 1. The van der Waals surface area contributed by atoms with Crippen LogP contribution in [-0.4, -0.2) is 49.3 Å². The number of esters is 1. The first-order valence-corrected chi connectivity index (χ1v) is 13.0. The highest BCUT2D eigenvalue weighted by Crippen LogP contribution is 2.50. The van der Waals surface area contributed by atoms with Gasteiger partial charge < -0.3 is 30.9 Å². The topological polar surface area (TPSA) is 35.5 Å². The lowest BCUT2D eigenvalue weighted by Crippen LogP contribution is -3.00. The summed E-state index contributed by atoms with van der Waals surface area (Å²) < 4.78 is 13.4. The minimum absolute atomic E-state index is 0. The van der Waals surface area contributed by atoms with Gasteiger partial charge in [-0.15, -0.1) is 0 Å². The van der Waals surface area contributed by atoms with Crippen molar-refractivity contribution in [2.45, 2.75) is 37.7 Å². The summed E-state index contributed by atoms with van der Waals surface area (Å²) in [6.45, 7) is 7.16. The second-order valence-corrected chi connectivity index (χ2v) is 10.7. The Hall–Kier alpha value is -2.63. The monoisotopic (exact) mass is 547 g/mol. The Bertz CT molecular complexity index is 1170. The molecule has 3 aliphatic heterocycles. The van der Waals surface area contributed by atoms with E-state index in [1.165, 1.54) is 13.1 Å². The number of benzene rings is 3. The summed E-state index contributed by atoms with van der Waals surface area (Å²) >= 11 is 0. The third-order valence-corrected chi connectivity index (χ3v) is 8.72. The van der Waals surface area contributed by atoms with Crippen molar-refractivity contribution in [3.05, 3.63) is 90.0 Å². The zero-order valence-corrected chi connectivity index (χ0v) is 22.5. The Morgan fingerprint density at radius 3 is 2.11 bits per heavy atom. The number of rotatable bonds is 7. The molecular formula is C31H34BrNO3. The van der Waals surface area contributed by atoms with Crippen LogP contribution in [0.5, 0.6) is 5.75 Å². The molecule has 3 heterocycles. The molecule has 3 saturated heterocycles. The van der Waals surface area contributed by atoms with Gasteiger partial charge >= 0.3 is 5.97 Å². The fraction of sp³-hybridized carbons (Fsp3) is 0.387. The first-order valence-electron chi connectivity index (χ1n) is 13.0. The van der Waals surface area contributed by atoms with Gasteiger partial charge in [0.15, 0.2) is 6.10 Å². The molecule has 0 saturated carbocycles. The van der Waals surface area contributed by atoms with Gasteiger partial charge in [0.2, 0.25) is 0 Å². The lowest BCUT2D eigenvalue weighted by atomic mass is 9.79. The van der Waals surface area contributed by atoms with Gasteiger partial charge in [0.1, 0.15) is 17.7 Å². The number of nitrogens with zero attached hydrogens (tertiary/aromatic N) is 1. The summed E-state index contributed by atoms with van der Waals surface area (Å²) in [6.07, 6.45) is 3.29. The Balaban J connectivity index is 0.00000267. The third-order valence-electron chi connectivity index (χ3n) is 8.72. The smallest absolute Gasteiger partial charge is 0.321 e. The van der Waals surface area contributed by atoms with Crippen molar-refractivity contribution in [2.75, 3.05) is 32.8 Å². The summed E-state index contributed by atoms with van der Waals surface area (Å²) in [4.78, 5) is 13.9. The molecule has 0 amide bonds. The Kier molecular flexibility index (Phi) is 6.97. The molecule has 3 aromatic rings. The zero-order valence-electron chi connectivity index (χ0n) is 20.9. The maximum atomic E-state index is 13.9. The van der Waals surface area contributed by atoms with E-state index in [2.05, 4.69) is 36.4 Å². The van der Waals surface area contributed by atoms with Gasteiger partial charge in [-0.25, -0.2) is 0 Å². The second-order valence-electron chi connectivity index (χ2n) is 10.7. The van der Waals surface area contributed by atoms with Crippen LogP contribution < -0.4 is 21.7 Å². The molecule has 0 N–H and O–H groups in total. The van der Waals surface area contributed by atoms with Crippen LogP contribution in [0.4, 0.5) is 0 Å². The molecule has 188 valence electrons. The third kappa shape index (κ3) is 4.26. The summed E-state index contributed by atoms with van der Waals surface area (Å²) in [5.41, 5.74) is 3.67. The van der Waals surface area contributed by atoms with Gasteiger partial charge in [-0.2, -0.15) is 0 Å². The fourth-order valence-electron chi connectivity index (χ4n) is 6.70. The zero-order chi connectivity index (χ0) is 23.9. The summed E-state index contributed by atoms with van der Waals surface area (Å²) in [7, 11) is 0. The number of ether oxygens (including phenoxy) is 2. The minimum Gasteiger partial charge on any atom is -1.00 e. The second kappa shape index (κ2) is 10.0. The van der Waals surface area contributed by atoms with Crippen molar-refractivity contribution in [3.8, 4) is 16.9 Å². The number of para-hydroxylation sites is 1. The number of quaternary nitrogens is 1. The minimum atomic E-state index is -0.756. The molecule has 5 heteroatoms. The molecule has 0 unspecified atom stereocenters. The van der Waals surface area contributed by atoms with Crippen molar-refractivity contribution in [2.24, 2.45) is 5.92 Å². The van der Waals surface area contributed by atoms with E-state index in [-0.39, 0.29) is 29.1 Å². The van der Waals surface area contributed by atoms with Gasteiger partial charge in [-0.05, 0) is 41.3 Å². The van der Waals surface area contributed by atoms with E-state index < -0.39 is 5.41 Å². The van der Waals surface area contributed by atoms with E-state index in [9.17, 15) is 4.79 Å². The van der Waals surface area contributed by atoms with Crippen molar-refractivity contribution in [3.63, 3.8) is 0 Å². The highest BCUT2D eigenvalue weighted by molar-refractivity contribution is 5.97. The van der Waals surface area contributed by atoms with Crippen LogP contribution in [0.3, 0.4) is 0 Å². The van der Waals surface area contributed by atoms with Crippen molar-refractivity contribution in [1.29, 1.82) is 0 Å². The van der Waals surface area contributed by atoms with Crippen molar-refractivity contribution in [1.82, 2.24) is 0 Å². The molecule has 3 aromatic carbocycles. The molecule has 0 radical (unpaired) electrons. The number of hydrogen-bond acceptors (Lipinski definition) is 3. The lowest BCUT2D eigenvalue weighted by Gasteiger charge is -2.52. The summed E-state index contributed by atoms with van der Waals surface area (Å²) in [5, 5.41) is 0. The van der Waals surface area contributed by atoms with Gasteiger partial charge in [-0.3, -0.25) is 4.79 Å². The molecule has 7 rings (SSSR count). The van der Waals surface area contributed by atoms with E-state index in [0.717, 1.165) is 71.4 Å². The fourth-order valence-corrected chi connectivity index (χ4v) is 6.70. The van der Waals surface area contributed by atoms with Gasteiger partial charge in [0.25, 0.3) is 0 Å². The van der Waals surface area contributed by atoms with E-state index in [1.54, 1.807) is 0 Å². The number of carbonyl (C=O) groups is 1. The summed E-state index contributed by atoms with van der Waals surface area (Å²) in [5.74, 6) is 1.32. The van der Waals surface area contributed by atoms with E-state index in [0.29, 0.717) is 5.92 Å². The highest BCUT2D eigenvalue weighted by Gasteiger charge is 2.51. The molecule has 0 aromatic heterocycles. The van der Waals surface area contributed by atoms with Crippen LogP contribution >= 0.6 is 0 Å². The van der Waals surface area contributed by atoms with E-state index in [4.69, 9.17) is 9.47 Å². The van der Waals surface area contributed by atoms with E-state index >= 15 is 0 Å². The predicted molar refractivity (Wildman–Crippen MR) is 137 cm³/mol. The molecule has 1 atom stereocenters. The SMILES string of the molecule is CC1(C(=O)O[C@H]2C[N+]3(CCCOc4ccccc4)CCC2CC3)c2ccccc2-c2ccccc21.[Br-]. The molecule has 4 nitrogen and oxygen atoms in total. The Morgan fingerprint density at radius 1 is 0.889 bits per heavy atom. The number of fused-ring (bicyclic) bond motifs is 6. The predicted octanol–water partition coefficient (Wildman–Crippen LogP) is 2.60. The van der Waals surface area contributed by atoms with Crippen LogP contribution in [-0.2, 0) is 14.9 Å². The van der Waals surface area contributed by atoms with Crippen LogP contribution in [0, 0.1) is 5.92 Å². The first kappa shape index (κ1) is 25.0. The molecular weight excluding hydrogens is 514 g/mol. The quantitative estimate of drug-likeness (QED) is 0.259. The van der Waals surface area contributed by atoms with Gasteiger partial charge in [0.05, 0.1) is 26.2 Å². The van der Waals surface area contributed by atoms with E-state index in [1.807, 2.05) is 49.4 Å². The molecule has 36 heavy (non-hydrogen) atoms. The standard InChI is InChI=1S/C31H34NO3.BrH/c1-31(27-14-7-5-12-25(27)26-13-6-8-15-28(26)31)30(33)35-29-22-32(19-16-23(29)17-20-32)18-9-21-34-24-10-3-2-4-11-24;/h2-8,10-15,23,29H,9,16-22H2,1H3;1H/q+1;/p-1/t23?,29-,32?;/m0./s1. The maximum absolute atomic E-state index is 13.9. The molecule has 4 aliphatic rings. The van der Waals surface area contributed by atoms with Crippen LogP contribution in [0.2, 0.25) is 0 Å². The number of carbonyl (C=O) groups excluding carboxylic acids is 1. The van der Waals surface area contributed by atoms with Crippen LogP contribution in [0.25, 0.3) is 11.1 Å². The molecule has 0 spiro atoms. The van der Waals surface area contributed by atoms with Gasteiger partial charge in [-0.1, -0.05) is 66.7 Å². The van der Waals surface area contributed by atoms with Gasteiger partial charge in [0, 0.05) is 25.2 Å². The average molecular weight is 549 g/mol. The normalized spacial score (nSPS) is 24.8. The largest absolute Gasteiger partial charge is 1.00 e. The molecule has 3 fully saturated rings. The maximum Gasteiger partial charge on any atom is 0.321 e. The average Bonchev–Trinajstić information content (AvgIpc) is 3.18. The van der Waals surface area contributed by atoms with Crippen molar-refractivity contribution < 1.29 is 35.7 Å². The Labute approximate surface area is 224 Å². The highest BCUT2D eigenvalue weighted by atomic mass is 79.9. The molecule has 1 aliphatic carbocycles. The molecule has 2 bridgehead atoms. The number of piperidine rings is 3. The van der Waals surface area contributed by atoms with Crippen molar-refractivity contribution >= 4 is 5.97 Å². The Morgan fingerprint density at radius 2 is 1.47 bits per heavy atom. The summed E-state index contributed by atoms with van der Waals surface area (Å²) in [6, 6.07) is 26.6. The first-order chi connectivity index (χ1) is 17.1. The number of hydrogen-bond donors (Lipinski definition) is 0. The van der Waals surface area contributed by atoms with Crippen LogP contribution in [0.15, 0.2) is 78.9 Å². The lowest BCUT2D eigenvalue weighted by molar-refractivity contribution is -0.946.